The third-order valence-electron chi connectivity index (χ3n) is 5.70. The number of carbonyl (C=O) groups excluding carboxylic acids is 1. The molecule has 6 nitrogen and oxygen atoms in total. The van der Waals surface area contributed by atoms with Crippen LogP contribution in [0.4, 0.5) is 11.4 Å². The summed E-state index contributed by atoms with van der Waals surface area (Å²) in [5.41, 5.74) is 2.84. The van der Waals surface area contributed by atoms with Gasteiger partial charge in [-0.3, -0.25) is 9.69 Å². The number of benzene rings is 1. The van der Waals surface area contributed by atoms with E-state index >= 15 is 0 Å². The van der Waals surface area contributed by atoms with Crippen molar-refractivity contribution in [3.05, 3.63) is 44.5 Å². The van der Waals surface area contributed by atoms with Crippen molar-refractivity contribution in [1.29, 1.82) is 0 Å². The van der Waals surface area contributed by atoms with Gasteiger partial charge in [0.05, 0.1) is 28.0 Å². The van der Waals surface area contributed by atoms with Crippen molar-refractivity contribution < 1.29 is 9.53 Å². The second-order valence-corrected chi connectivity index (χ2v) is 9.36. The molecule has 0 aliphatic carbocycles. The zero-order chi connectivity index (χ0) is 21.8. The van der Waals surface area contributed by atoms with Gasteiger partial charge in [0.15, 0.2) is 0 Å². The highest BCUT2D eigenvalue weighted by Crippen LogP contribution is 2.36. The molecule has 1 amide bonds. The Morgan fingerprint density at radius 1 is 1.13 bits per heavy atom. The second kappa shape index (κ2) is 10.4. The van der Waals surface area contributed by atoms with Crippen molar-refractivity contribution >= 4 is 56.4 Å². The van der Waals surface area contributed by atoms with E-state index in [2.05, 4.69) is 36.0 Å². The predicted molar refractivity (Wildman–Crippen MR) is 129 cm³/mol. The number of unbranched alkanes of at least 4 members (excludes halogenated alkanes) is 1. The van der Waals surface area contributed by atoms with Gasteiger partial charge in [-0.2, -0.15) is 0 Å². The molecule has 4 rings (SSSR count). The number of carbonyl (C=O) groups is 1. The zero-order valence-corrected chi connectivity index (χ0v) is 20.3. The topological polar surface area (TPSA) is 57.7 Å². The molecule has 0 unspecified atom stereocenters. The summed E-state index contributed by atoms with van der Waals surface area (Å²) >= 11 is 16.0. The van der Waals surface area contributed by atoms with Gasteiger partial charge in [-0.15, -0.1) is 0 Å². The van der Waals surface area contributed by atoms with E-state index in [9.17, 15) is 4.79 Å². The fraction of sp³-hybridized carbons (Fsp3) is 0.455. The van der Waals surface area contributed by atoms with E-state index in [1.807, 2.05) is 18.2 Å². The predicted octanol–water partition coefficient (Wildman–Crippen LogP) is 5.02. The normalized spacial score (nSPS) is 16.7. The molecule has 2 aromatic rings. The van der Waals surface area contributed by atoms with Crippen LogP contribution in [-0.4, -0.2) is 55.1 Å². The third kappa shape index (κ3) is 5.45. The van der Waals surface area contributed by atoms with E-state index in [0.717, 1.165) is 67.0 Å². The average Bonchev–Trinajstić information content (AvgIpc) is 2.78. The molecule has 1 fully saturated rings. The highest BCUT2D eigenvalue weighted by atomic mass is 79.9. The number of aromatic nitrogens is 1. The molecule has 9 heteroatoms. The van der Waals surface area contributed by atoms with E-state index in [-0.39, 0.29) is 5.91 Å². The molecular weight excluding hydrogens is 503 g/mol. The quantitative estimate of drug-likeness (QED) is 0.512. The summed E-state index contributed by atoms with van der Waals surface area (Å²) in [6.07, 6.45) is 5.00. The average molecular weight is 528 g/mol. The Labute approximate surface area is 201 Å². The van der Waals surface area contributed by atoms with Crippen LogP contribution in [-0.2, 0) is 11.2 Å². The van der Waals surface area contributed by atoms with E-state index in [1.165, 1.54) is 0 Å². The molecule has 31 heavy (non-hydrogen) atoms. The molecule has 1 aromatic heterocycles. The maximum atomic E-state index is 11.7. The summed E-state index contributed by atoms with van der Waals surface area (Å²) in [7, 11) is 0. The number of aryl methyl sites for hydroxylation is 1. The minimum Gasteiger partial charge on any atom is -0.477 e. The number of fused-ring (bicyclic) bond motifs is 1. The standard InChI is InChI=1S/C22H25BrCl2N4O2/c23-19-21-15(6-7-18(30)27-21)14-26-22(19)31-13-2-1-8-28-9-11-29(12-10-28)17-5-3-4-16(24)20(17)25/h3-5,14H,1-2,6-13H2,(H,27,30). The Balaban J connectivity index is 1.18. The fourth-order valence-electron chi connectivity index (χ4n) is 3.94. The van der Waals surface area contributed by atoms with Crippen molar-refractivity contribution in [2.75, 3.05) is 49.5 Å². The van der Waals surface area contributed by atoms with E-state index in [0.29, 0.717) is 35.4 Å². The number of nitrogens with zero attached hydrogens (tertiary/aromatic N) is 3. The van der Waals surface area contributed by atoms with Gasteiger partial charge >= 0.3 is 0 Å². The molecule has 2 aliphatic heterocycles. The Morgan fingerprint density at radius 3 is 2.74 bits per heavy atom. The van der Waals surface area contributed by atoms with Crippen LogP contribution in [0.5, 0.6) is 5.88 Å². The minimum absolute atomic E-state index is 0.0306. The second-order valence-electron chi connectivity index (χ2n) is 7.78. The van der Waals surface area contributed by atoms with E-state index in [1.54, 1.807) is 6.20 Å². The molecule has 0 radical (unpaired) electrons. The first kappa shape index (κ1) is 22.6. The minimum atomic E-state index is 0.0306. The van der Waals surface area contributed by atoms with Gasteiger partial charge in [0, 0.05) is 38.8 Å². The summed E-state index contributed by atoms with van der Waals surface area (Å²) < 4.78 is 6.59. The number of pyridine rings is 1. The number of hydrogen-bond acceptors (Lipinski definition) is 5. The number of rotatable bonds is 7. The Bertz CT molecular complexity index is 951. The van der Waals surface area contributed by atoms with E-state index < -0.39 is 0 Å². The van der Waals surface area contributed by atoms with E-state index in [4.69, 9.17) is 27.9 Å². The first-order valence-corrected chi connectivity index (χ1v) is 12.1. The van der Waals surface area contributed by atoms with Crippen LogP contribution in [0.2, 0.25) is 10.0 Å². The lowest BCUT2D eigenvalue weighted by Gasteiger charge is -2.36. The lowest BCUT2D eigenvalue weighted by Crippen LogP contribution is -2.46. The third-order valence-corrected chi connectivity index (χ3v) is 7.25. The van der Waals surface area contributed by atoms with Crippen LogP contribution in [0.3, 0.4) is 0 Å². The summed E-state index contributed by atoms with van der Waals surface area (Å²) in [5.74, 6) is 0.566. The highest BCUT2D eigenvalue weighted by molar-refractivity contribution is 9.10. The molecule has 1 saturated heterocycles. The Morgan fingerprint density at radius 2 is 1.94 bits per heavy atom. The maximum Gasteiger partial charge on any atom is 0.230 e. The smallest absolute Gasteiger partial charge is 0.230 e. The number of nitrogens with one attached hydrogen (secondary N) is 1. The number of ether oxygens (including phenoxy) is 1. The van der Waals surface area contributed by atoms with Crippen LogP contribution in [0.25, 0.3) is 0 Å². The van der Waals surface area contributed by atoms with Crippen LogP contribution < -0.4 is 15.0 Å². The molecular formula is C22H25BrCl2N4O2. The molecule has 1 N–H and O–H groups in total. The van der Waals surface area contributed by atoms with Crippen molar-refractivity contribution in [3.63, 3.8) is 0 Å². The molecule has 0 spiro atoms. The monoisotopic (exact) mass is 526 g/mol. The van der Waals surface area contributed by atoms with Crippen molar-refractivity contribution in [1.82, 2.24) is 9.88 Å². The summed E-state index contributed by atoms with van der Waals surface area (Å²) in [4.78, 5) is 20.8. The van der Waals surface area contributed by atoms with Gasteiger partial charge in [0.1, 0.15) is 4.47 Å². The van der Waals surface area contributed by atoms with Crippen molar-refractivity contribution in [3.8, 4) is 5.88 Å². The number of hydrogen-bond donors (Lipinski definition) is 1. The van der Waals surface area contributed by atoms with Crippen molar-refractivity contribution in [2.45, 2.75) is 25.7 Å². The van der Waals surface area contributed by atoms with Crippen molar-refractivity contribution in [2.24, 2.45) is 0 Å². The number of piperazine rings is 1. The molecule has 1 aromatic carbocycles. The lowest BCUT2D eigenvalue weighted by molar-refractivity contribution is -0.116. The van der Waals surface area contributed by atoms with Gasteiger partial charge in [0.2, 0.25) is 11.8 Å². The summed E-state index contributed by atoms with van der Waals surface area (Å²) in [5, 5.41) is 4.14. The van der Waals surface area contributed by atoms with Gasteiger partial charge in [-0.05, 0) is 59.4 Å². The molecule has 2 aliphatic rings. The van der Waals surface area contributed by atoms with Crippen LogP contribution in [0.15, 0.2) is 28.9 Å². The van der Waals surface area contributed by atoms with Crippen LogP contribution in [0, 0.1) is 0 Å². The number of amides is 1. The zero-order valence-electron chi connectivity index (χ0n) is 17.2. The van der Waals surface area contributed by atoms with Gasteiger partial charge in [-0.25, -0.2) is 4.98 Å². The van der Waals surface area contributed by atoms with Gasteiger partial charge in [-0.1, -0.05) is 29.3 Å². The summed E-state index contributed by atoms with van der Waals surface area (Å²) in [6, 6.07) is 5.79. The van der Waals surface area contributed by atoms with Crippen LogP contribution >= 0.6 is 39.1 Å². The fourth-order valence-corrected chi connectivity index (χ4v) is 4.92. The van der Waals surface area contributed by atoms with Gasteiger partial charge < -0.3 is 15.0 Å². The molecule has 166 valence electrons. The molecule has 3 heterocycles. The van der Waals surface area contributed by atoms with Gasteiger partial charge in [0.25, 0.3) is 0 Å². The largest absolute Gasteiger partial charge is 0.477 e. The molecule has 0 bridgehead atoms. The first-order chi connectivity index (χ1) is 15.0. The Hall–Kier alpha value is -1.54. The maximum absolute atomic E-state index is 11.7. The molecule has 0 saturated carbocycles. The van der Waals surface area contributed by atoms with Crippen LogP contribution in [0.1, 0.15) is 24.8 Å². The number of halogens is 3. The Kier molecular flexibility index (Phi) is 7.59. The SMILES string of the molecule is O=C1CCc2cnc(OCCCCN3CCN(c4cccc(Cl)c4Cl)CC3)c(Br)c2N1. The number of anilines is 2. The molecule has 0 atom stereocenters. The lowest BCUT2D eigenvalue weighted by atomic mass is 10.1. The highest BCUT2D eigenvalue weighted by Gasteiger charge is 2.21. The summed E-state index contributed by atoms with van der Waals surface area (Å²) in [6.45, 7) is 5.51. The first-order valence-electron chi connectivity index (χ1n) is 10.5.